The Morgan fingerprint density at radius 3 is 1.56 bits per heavy atom. The number of ether oxygens (including phenoxy) is 1. The Morgan fingerprint density at radius 2 is 1.11 bits per heavy atom. The monoisotopic (exact) mass is 554 g/mol. The van der Waals surface area contributed by atoms with Gasteiger partial charge in [-0.2, -0.15) is 17.6 Å². The Kier molecular flexibility index (Phi) is 7.54. The van der Waals surface area contributed by atoms with Gasteiger partial charge >= 0.3 is 0 Å². The van der Waals surface area contributed by atoms with E-state index >= 15 is 0 Å². The van der Waals surface area contributed by atoms with E-state index in [4.69, 9.17) is 8.92 Å². The lowest BCUT2D eigenvalue weighted by atomic mass is 9.99. The molecule has 0 aliphatic rings. The van der Waals surface area contributed by atoms with Gasteiger partial charge in [0.1, 0.15) is 6.61 Å². The first kappa shape index (κ1) is 27.3. The highest BCUT2D eigenvalue weighted by Crippen LogP contribution is 2.34. The summed E-state index contributed by atoms with van der Waals surface area (Å²) in [5, 5.41) is 2.79. The van der Waals surface area contributed by atoms with Crippen LogP contribution in [0.15, 0.2) is 5.38 Å². The first-order valence-electron chi connectivity index (χ1n) is 9.42. The van der Waals surface area contributed by atoms with Gasteiger partial charge in [-0.1, -0.05) is 20.8 Å². The standard InChI is InChI=1S/C19H14F10N3O3S/c1-19(2,3)5-33-36-4-6(34-17-13(26)9(22)7(20)10(23)14(17)27)30-32(31-36)35-18-15(28)11(24)8(21)12(25)16(18)29/h4,30-31H,5H2,1-3H3/q+1. The van der Waals surface area contributed by atoms with E-state index in [1.165, 1.54) is 0 Å². The summed E-state index contributed by atoms with van der Waals surface area (Å²) in [5.41, 5.74) is -0.497. The Morgan fingerprint density at radius 1 is 0.694 bits per heavy atom. The topological polar surface area (TPSA) is 64.2 Å². The van der Waals surface area contributed by atoms with E-state index in [0.717, 1.165) is 5.38 Å². The minimum absolute atomic E-state index is 0.0498. The number of nitrogens with zero attached hydrogens (tertiary/aromatic N) is 1. The van der Waals surface area contributed by atoms with Crippen LogP contribution in [0.4, 0.5) is 43.9 Å². The van der Waals surface area contributed by atoms with Gasteiger partial charge in [-0.3, -0.25) is 0 Å². The Balaban J connectivity index is 2.11. The van der Waals surface area contributed by atoms with Crippen molar-refractivity contribution in [3.05, 3.63) is 63.6 Å². The molecule has 0 bridgehead atoms. The molecular weight excluding hydrogens is 540 g/mol. The molecule has 2 N–H and O–H groups in total. The molecule has 0 aliphatic heterocycles. The molecule has 0 saturated carbocycles. The summed E-state index contributed by atoms with van der Waals surface area (Å²) >= 11 is 0. The lowest BCUT2D eigenvalue weighted by Gasteiger charge is -2.15. The zero-order valence-electron chi connectivity index (χ0n) is 18.1. The molecule has 1 aromatic heterocycles. The molecule has 0 amide bonds. The maximum Gasteiger partial charge on any atom is 0.275 e. The molecule has 198 valence electrons. The molecule has 1 atom stereocenters. The third-order valence-corrected chi connectivity index (χ3v) is 5.10. The largest absolute Gasteiger partial charge is 0.429 e. The molecular formula is C19H14F10N3O3S+. The maximum atomic E-state index is 14.0. The van der Waals surface area contributed by atoms with Crippen molar-refractivity contribution in [2.24, 2.45) is 5.41 Å². The highest BCUT2D eigenvalue weighted by Gasteiger charge is 2.31. The summed E-state index contributed by atoms with van der Waals surface area (Å²) in [6, 6.07) is 0. The summed E-state index contributed by atoms with van der Waals surface area (Å²) in [6.07, 6.45) is 0. The van der Waals surface area contributed by atoms with Crippen molar-refractivity contribution in [3.8, 4) is 17.4 Å². The van der Waals surface area contributed by atoms with Crippen LogP contribution in [0.3, 0.4) is 0 Å². The molecule has 0 aliphatic carbocycles. The van der Waals surface area contributed by atoms with E-state index in [-0.39, 0.29) is 11.6 Å². The number of nitrogens with one attached hydrogen (secondary N) is 2. The van der Waals surface area contributed by atoms with Crippen molar-refractivity contribution < 1.29 is 57.7 Å². The molecule has 0 saturated heterocycles. The van der Waals surface area contributed by atoms with E-state index in [1.807, 2.05) is 5.10 Å². The lowest BCUT2D eigenvalue weighted by molar-refractivity contribution is 0.113. The highest BCUT2D eigenvalue weighted by atomic mass is 32.2. The van der Waals surface area contributed by atoms with Gasteiger partial charge in [0.25, 0.3) is 22.2 Å². The van der Waals surface area contributed by atoms with Crippen molar-refractivity contribution in [2.45, 2.75) is 20.8 Å². The predicted octanol–water partition coefficient (Wildman–Crippen LogP) is 6.52. The maximum absolute atomic E-state index is 14.0. The van der Waals surface area contributed by atoms with Gasteiger partial charge in [0.2, 0.25) is 69.7 Å². The van der Waals surface area contributed by atoms with Gasteiger partial charge in [-0.15, -0.1) is 4.18 Å². The molecule has 3 aromatic rings. The van der Waals surface area contributed by atoms with Crippen molar-refractivity contribution in [3.63, 3.8) is 0 Å². The Bertz CT molecular complexity index is 1210. The average molecular weight is 554 g/mol. The smallest absolute Gasteiger partial charge is 0.275 e. The molecule has 6 nitrogen and oxygen atoms in total. The third kappa shape index (κ3) is 5.40. The fourth-order valence-corrected chi connectivity index (χ4v) is 3.48. The number of H-pyrrole nitrogens is 2. The minimum Gasteiger partial charge on any atom is -0.429 e. The summed E-state index contributed by atoms with van der Waals surface area (Å²) in [6.45, 7) is 5.11. The van der Waals surface area contributed by atoms with Crippen LogP contribution < -0.4 is 13.8 Å². The predicted molar refractivity (Wildman–Crippen MR) is 103 cm³/mol. The molecule has 0 fully saturated rings. The van der Waals surface area contributed by atoms with Crippen LogP contribution in [0, 0.1) is 63.6 Å². The van der Waals surface area contributed by atoms with Gasteiger partial charge in [0.15, 0.2) is 0 Å². The third-order valence-electron chi connectivity index (χ3n) is 3.95. The molecule has 0 radical (unpaired) electrons. The van der Waals surface area contributed by atoms with E-state index < -0.39 is 91.9 Å². The van der Waals surface area contributed by atoms with Crippen molar-refractivity contribution in [1.82, 2.24) is 14.5 Å². The second kappa shape index (κ2) is 9.96. The number of rotatable bonds is 6. The second-order valence-electron chi connectivity index (χ2n) is 8.09. The minimum atomic E-state index is -2.47. The molecule has 0 spiro atoms. The van der Waals surface area contributed by atoms with Gasteiger partial charge in [0, 0.05) is 4.96 Å². The summed E-state index contributed by atoms with van der Waals surface area (Å²) < 4.78 is 149. The van der Waals surface area contributed by atoms with Gasteiger partial charge in [-0.25, -0.2) is 31.4 Å². The number of hydrogen-bond acceptors (Lipinski definition) is 3. The van der Waals surface area contributed by atoms with Crippen LogP contribution >= 0.6 is 10.9 Å². The van der Waals surface area contributed by atoms with Crippen molar-refractivity contribution in [1.29, 1.82) is 0 Å². The molecule has 17 heteroatoms. The Hall–Kier alpha value is -3.34. The van der Waals surface area contributed by atoms with E-state index in [1.54, 1.807) is 20.8 Å². The number of benzene rings is 2. The quantitative estimate of drug-likeness (QED) is 0.158. The molecule has 36 heavy (non-hydrogen) atoms. The normalized spacial score (nSPS) is 12.2. The second-order valence-corrected chi connectivity index (χ2v) is 9.34. The SMILES string of the molecule is CC(C)(C)CO[s+]1cc(Oc2c(F)c(F)c(F)c(F)c2F)[nH]n(Oc2c(F)c(F)c(F)c(F)c2F)[nH]1. The van der Waals surface area contributed by atoms with Crippen LogP contribution in [0.5, 0.6) is 17.4 Å². The van der Waals surface area contributed by atoms with Crippen molar-refractivity contribution in [2.75, 3.05) is 6.61 Å². The fourth-order valence-electron chi connectivity index (χ4n) is 2.28. The molecule has 3 rings (SSSR count). The summed E-state index contributed by atoms with van der Waals surface area (Å²) in [5.74, 6) is -28.3. The van der Waals surface area contributed by atoms with E-state index in [2.05, 4.69) is 9.33 Å². The van der Waals surface area contributed by atoms with Gasteiger partial charge in [-0.05, 0) is 9.90 Å². The van der Waals surface area contributed by atoms with Crippen LogP contribution in [-0.4, -0.2) is 21.2 Å². The number of aromatic amines is 2. The van der Waals surface area contributed by atoms with Gasteiger partial charge < -0.3 is 9.57 Å². The number of hydrogen-bond donors (Lipinski definition) is 2. The van der Waals surface area contributed by atoms with Crippen molar-refractivity contribution >= 4 is 10.9 Å². The first-order valence-corrected chi connectivity index (χ1v) is 10.6. The zero-order valence-corrected chi connectivity index (χ0v) is 19.0. The van der Waals surface area contributed by atoms with E-state index in [9.17, 15) is 43.9 Å². The highest BCUT2D eigenvalue weighted by molar-refractivity contribution is 7.19. The molecule has 1 heterocycles. The van der Waals surface area contributed by atoms with Crippen LogP contribution in [0.25, 0.3) is 0 Å². The number of aromatic nitrogens is 3. The zero-order chi connectivity index (χ0) is 27.1. The van der Waals surface area contributed by atoms with Crippen LogP contribution in [-0.2, 0) is 0 Å². The molecule has 1 unspecified atom stereocenters. The van der Waals surface area contributed by atoms with Gasteiger partial charge in [0.05, 0.1) is 0 Å². The fraction of sp³-hybridized carbons (Fsp3) is 0.263. The first-order chi connectivity index (χ1) is 16.6. The van der Waals surface area contributed by atoms with Crippen LogP contribution in [0.1, 0.15) is 20.8 Å². The number of halogens is 10. The summed E-state index contributed by atoms with van der Waals surface area (Å²) in [7, 11) is -1.77. The Labute approximate surface area is 197 Å². The lowest BCUT2D eigenvalue weighted by Crippen LogP contribution is -2.21. The summed E-state index contributed by atoms with van der Waals surface area (Å²) in [4.78, 5) is 4.69. The molecule has 2 aromatic carbocycles. The van der Waals surface area contributed by atoms with Crippen LogP contribution in [0.2, 0.25) is 0 Å². The van der Waals surface area contributed by atoms with E-state index in [0.29, 0.717) is 0 Å². The average Bonchev–Trinajstić information content (AvgIpc) is 2.82.